The van der Waals surface area contributed by atoms with Gasteiger partial charge in [0.05, 0.1) is 5.69 Å². The SMILES string of the molecule is CC(C)Nc1sc(C(=O)c2cc(-c3ccc(Cl)cc3)no2)c(N)c1C#N. The van der Waals surface area contributed by atoms with Gasteiger partial charge in [0.15, 0.2) is 0 Å². The Hall–Kier alpha value is -2.82. The van der Waals surface area contributed by atoms with Crippen LogP contribution in [0.25, 0.3) is 11.3 Å². The van der Waals surface area contributed by atoms with E-state index in [0.29, 0.717) is 15.7 Å². The van der Waals surface area contributed by atoms with E-state index in [-0.39, 0.29) is 27.9 Å². The number of nitrogens with two attached hydrogens (primary N) is 1. The lowest BCUT2D eigenvalue weighted by molar-refractivity contribution is 0.100. The molecular weight excluding hydrogens is 372 g/mol. The fraction of sp³-hybridized carbons (Fsp3) is 0.167. The first-order valence-electron chi connectivity index (χ1n) is 7.77. The molecule has 0 bridgehead atoms. The fourth-order valence-electron chi connectivity index (χ4n) is 2.34. The normalized spacial score (nSPS) is 10.7. The Morgan fingerprint density at radius 1 is 1.38 bits per heavy atom. The van der Waals surface area contributed by atoms with Crippen molar-refractivity contribution in [2.45, 2.75) is 19.9 Å². The van der Waals surface area contributed by atoms with Crippen LogP contribution in [0.3, 0.4) is 0 Å². The van der Waals surface area contributed by atoms with E-state index < -0.39 is 5.78 Å². The van der Waals surface area contributed by atoms with Crippen LogP contribution in [-0.4, -0.2) is 17.0 Å². The van der Waals surface area contributed by atoms with Crippen molar-refractivity contribution in [3.05, 3.63) is 51.6 Å². The molecular formula is C18H15ClN4O2S. The molecule has 0 unspecified atom stereocenters. The number of thiophene rings is 1. The number of aromatic nitrogens is 1. The zero-order valence-corrected chi connectivity index (χ0v) is 15.6. The van der Waals surface area contributed by atoms with Gasteiger partial charge in [-0.3, -0.25) is 4.79 Å². The predicted molar refractivity (Wildman–Crippen MR) is 103 cm³/mol. The number of anilines is 2. The second kappa shape index (κ2) is 7.20. The van der Waals surface area contributed by atoms with E-state index in [0.717, 1.165) is 16.9 Å². The average Bonchev–Trinajstić information content (AvgIpc) is 3.20. The quantitative estimate of drug-likeness (QED) is 0.622. The molecule has 3 N–H and O–H groups in total. The number of rotatable bonds is 5. The van der Waals surface area contributed by atoms with E-state index in [1.54, 1.807) is 30.3 Å². The van der Waals surface area contributed by atoms with Crippen molar-refractivity contribution >= 4 is 39.4 Å². The molecule has 0 saturated carbocycles. The molecule has 0 amide bonds. The highest BCUT2D eigenvalue weighted by Crippen LogP contribution is 2.37. The third-order valence-electron chi connectivity index (χ3n) is 3.56. The smallest absolute Gasteiger partial charge is 0.243 e. The third kappa shape index (κ3) is 3.43. The molecule has 1 aromatic carbocycles. The highest BCUT2D eigenvalue weighted by atomic mass is 35.5. The molecule has 132 valence electrons. The molecule has 2 aromatic heterocycles. The average molecular weight is 387 g/mol. The number of ketones is 1. The highest BCUT2D eigenvalue weighted by molar-refractivity contribution is 7.19. The zero-order valence-electron chi connectivity index (χ0n) is 14.0. The van der Waals surface area contributed by atoms with Crippen molar-refractivity contribution in [2.24, 2.45) is 0 Å². The molecule has 0 aliphatic carbocycles. The van der Waals surface area contributed by atoms with E-state index in [2.05, 4.69) is 10.5 Å². The van der Waals surface area contributed by atoms with Gasteiger partial charge in [-0.05, 0) is 26.0 Å². The molecule has 0 saturated heterocycles. The number of nitrogens with zero attached hydrogens (tertiary/aromatic N) is 2. The van der Waals surface area contributed by atoms with Crippen LogP contribution in [0.15, 0.2) is 34.9 Å². The lowest BCUT2D eigenvalue weighted by atomic mass is 10.1. The van der Waals surface area contributed by atoms with Gasteiger partial charge in [-0.25, -0.2) is 0 Å². The first-order valence-corrected chi connectivity index (χ1v) is 8.96. The predicted octanol–water partition coefficient (Wildman–Crippen LogP) is 4.56. The molecule has 8 heteroatoms. The van der Waals surface area contributed by atoms with Crippen LogP contribution >= 0.6 is 22.9 Å². The lowest BCUT2D eigenvalue weighted by Gasteiger charge is -2.06. The van der Waals surface area contributed by atoms with Crippen LogP contribution in [-0.2, 0) is 0 Å². The van der Waals surface area contributed by atoms with Crippen molar-refractivity contribution in [3.63, 3.8) is 0 Å². The van der Waals surface area contributed by atoms with Crippen LogP contribution in [0, 0.1) is 11.3 Å². The van der Waals surface area contributed by atoms with Crippen molar-refractivity contribution in [3.8, 4) is 17.3 Å². The van der Waals surface area contributed by atoms with Gasteiger partial charge < -0.3 is 15.6 Å². The van der Waals surface area contributed by atoms with Gasteiger partial charge in [-0.1, -0.05) is 28.9 Å². The molecule has 3 rings (SSSR count). The number of carbonyl (C=O) groups is 1. The van der Waals surface area contributed by atoms with Crippen LogP contribution in [0.1, 0.15) is 34.8 Å². The minimum Gasteiger partial charge on any atom is -0.396 e. The maximum Gasteiger partial charge on any atom is 0.243 e. The Kier molecular flexibility index (Phi) is 4.98. The van der Waals surface area contributed by atoms with Crippen LogP contribution in [0.5, 0.6) is 0 Å². The van der Waals surface area contributed by atoms with Gasteiger partial charge in [-0.2, -0.15) is 5.26 Å². The number of benzene rings is 1. The summed E-state index contributed by atoms with van der Waals surface area (Å²) in [6.45, 7) is 3.88. The van der Waals surface area contributed by atoms with Crippen molar-refractivity contribution in [1.29, 1.82) is 5.26 Å². The second-order valence-corrected chi connectivity index (χ2v) is 7.33. The van der Waals surface area contributed by atoms with E-state index >= 15 is 0 Å². The molecule has 3 aromatic rings. The standard InChI is InChI=1S/C18H15ClN4O2S/c1-9(2)22-18-12(8-20)15(21)17(26-18)16(24)14-7-13(23-25-14)10-3-5-11(19)6-4-10/h3-7,9,22H,21H2,1-2H3. The first-order chi connectivity index (χ1) is 12.4. The Morgan fingerprint density at radius 2 is 2.08 bits per heavy atom. The number of nitriles is 1. The van der Waals surface area contributed by atoms with Crippen molar-refractivity contribution in [1.82, 2.24) is 5.16 Å². The summed E-state index contributed by atoms with van der Waals surface area (Å²) in [6.07, 6.45) is 0. The zero-order chi connectivity index (χ0) is 18.8. The molecule has 0 aliphatic heterocycles. The Morgan fingerprint density at radius 3 is 2.69 bits per heavy atom. The fourth-order valence-corrected chi connectivity index (χ4v) is 3.63. The molecule has 0 fully saturated rings. The number of nitrogens with one attached hydrogen (secondary N) is 1. The summed E-state index contributed by atoms with van der Waals surface area (Å²) in [5.74, 6) is -0.350. The summed E-state index contributed by atoms with van der Waals surface area (Å²) < 4.78 is 5.20. The lowest BCUT2D eigenvalue weighted by Crippen LogP contribution is -2.09. The molecule has 0 radical (unpaired) electrons. The monoisotopic (exact) mass is 386 g/mol. The summed E-state index contributed by atoms with van der Waals surface area (Å²) in [4.78, 5) is 13.0. The van der Waals surface area contributed by atoms with E-state index in [4.69, 9.17) is 21.9 Å². The molecule has 0 atom stereocenters. The van der Waals surface area contributed by atoms with Gasteiger partial charge in [0, 0.05) is 22.7 Å². The van der Waals surface area contributed by atoms with Gasteiger partial charge in [-0.15, -0.1) is 11.3 Å². The molecule has 0 aliphatic rings. The number of halogens is 1. The topological polar surface area (TPSA) is 105 Å². The van der Waals surface area contributed by atoms with Crippen molar-refractivity contribution in [2.75, 3.05) is 11.1 Å². The summed E-state index contributed by atoms with van der Waals surface area (Å²) in [5, 5.41) is 17.6. The van der Waals surface area contributed by atoms with Crippen LogP contribution in [0.2, 0.25) is 5.02 Å². The Bertz CT molecular complexity index is 999. The maximum absolute atomic E-state index is 12.8. The largest absolute Gasteiger partial charge is 0.396 e. The van der Waals surface area contributed by atoms with Gasteiger partial charge >= 0.3 is 0 Å². The van der Waals surface area contributed by atoms with Gasteiger partial charge in [0.1, 0.15) is 27.2 Å². The van der Waals surface area contributed by atoms with E-state index in [9.17, 15) is 10.1 Å². The highest BCUT2D eigenvalue weighted by Gasteiger charge is 2.25. The molecule has 2 heterocycles. The summed E-state index contributed by atoms with van der Waals surface area (Å²) in [5.41, 5.74) is 7.72. The third-order valence-corrected chi connectivity index (χ3v) is 4.94. The minimum atomic E-state index is -0.409. The Balaban J connectivity index is 1.94. The Labute approximate surface area is 159 Å². The summed E-state index contributed by atoms with van der Waals surface area (Å²) in [7, 11) is 0. The number of hydrogen-bond donors (Lipinski definition) is 2. The number of hydrogen-bond acceptors (Lipinski definition) is 7. The van der Waals surface area contributed by atoms with E-state index in [1.165, 1.54) is 0 Å². The first kappa shape index (κ1) is 18.0. The number of nitrogen functional groups attached to an aromatic ring is 1. The second-order valence-electron chi connectivity index (χ2n) is 5.87. The van der Waals surface area contributed by atoms with Crippen LogP contribution < -0.4 is 11.1 Å². The summed E-state index contributed by atoms with van der Waals surface area (Å²) >= 11 is 7.01. The minimum absolute atomic E-state index is 0.0588. The van der Waals surface area contributed by atoms with Crippen molar-refractivity contribution < 1.29 is 9.32 Å². The number of carbonyl (C=O) groups excluding carboxylic acids is 1. The summed E-state index contributed by atoms with van der Waals surface area (Å²) in [6, 6.07) is 10.7. The van der Waals surface area contributed by atoms with Gasteiger partial charge in [0.25, 0.3) is 0 Å². The molecule has 26 heavy (non-hydrogen) atoms. The molecule has 6 nitrogen and oxygen atoms in total. The maximum atomic E-state index is 12.8. The molecule has 0 spiro atoms. The van der Waals surface area contributed by atoms with Crippen LogP contribution in [0.4, 0.5) is 10.7 Å². The van der Waals surface area contributed by atoms with Gasteiger partial charge in [0.2, 0.25) is 11.5 Å². The van der Waals surface area contributed by atoms with E-state index in [1.807, 2.05) is 19.9 Å².